The Bertz CT molecular complexity index is 461. The third-order valence-corrected chi connectivity index (χ3v) is 4.00. The second-order valence-electron chi connectivity index (χ2n) is 5.55. The van der Waals surface area contributed by atoms with E-state index in [2.05, 4.69) is 17.2 Å². The largest absolute Gasteiger partial charge is 0.474 e. The zero-order valence-electron chi connectivity index (χ0n) is 12.5. The summed E-state index contributed by atoms with van der Waals surface area (Å²) in [7, 11) is 0. The first-order valence-electron chi connectivity index (χ1n) is 7.74. The Morgan fingerprint density at radius 3 is 3.00 bits per heavy atom. The molecule has 1 aromatic rings. The molecule has 1 saturated carbocycles. The quantitative estimate of drug-likeness (QED) is 0.770. The lowest BCUT2D eigenvalue weighted by molar-refractivity contribution is 0.0938. The Hall–Kier alpha value is -1.62. The van der Waals surface area contributed by atoms with E-state index in [1.54, 1.807) is 18.3 Å². The Kier molecular flexibility index (Phi) is 5.99. The summed E-state index contributed by atoms with van der Waals surface area (Å²) in [4.78, 5) is 16.3. The molecule has 5 nitrogen and oxygen atoms in total. The van der Waals surface area contributed by atoms with Crippen LogP contribution in [-0.2, 0) is 0 Å². The van der Waals surface area contributed by atoms with Crippen LogP contribution in [0.15, 0.2) is 18.3 Å². The number of ether oxygens (including phenoxy) is 1. The van der Waals surface area contributed by atoms with Gasteiger partial charge in [0.15, 0.2) is 0 Å². The summed E-state index contributed by atoms with van der Waals surface area (Å²) in [5, 5.41) is 11.9. The van der Waals surface area contributed by atoms with E-state index < -0.39 is 0 Å². The van der Waals surface area contributed by atoms with Gasteiger partial charge in [0.2, 0.25) is 5.88 Å². The standard InChI is InChI=1S/C16H24N2O3/c1-2-12(7-9-19)11-18-16(20)13-6-8-17-15(10-13)21-14-4-3-5-14/h6,8,10,12,14,19H,2-5,7,9,11H2,1H3,(H,18,20). The second-order valence-corrected chi connectivity index (χ2v) is 5.55. The molecule has 2 N–H and O–H groups in total. The van der Waals surface area contributed by atoms with Gasteiger partial charge in [-0.2, -0.15) is 0 Å². The number of hydrogen-bond acceptors (Lipinski definition) is 4. The molecule has 2 rings (SSSR count). The Labute approximate surface area is 125 Å². The topological polar surface area (TPSA) is 71.5 Å². The molecule has 1 amide bonds. The summed E-state index contributed by atoms with van der Waals surface area (Å²) < 4.78 is 5.70. The van der Waals surface area contributed by atoms with Crippen LogP contribution >= 0.6 is 0 Å². The molecule has 21 heavy (non-hydrogen) atoms. The number of hydrogen-bond donors (Lipinski definition) is 2. The minimum atomic E-state index is -0.118. The van der Waals surface area contributed by atoms with Crippen LogP contribution in [-0.4, -0.2) is 35.3 Å². The van der Waals surface area contributed by atoms with Crippen molar-refractivity contribution < 1.29 is 14.6 Å². The van der Waals surface area contributed by atoms with Gasteiger partial charge >= 0.3 is 0 Å². The van der Waals surface area contributed by atoms with Crippen molar-refractivity contribution in [1.82, 2.24) is 10.3 Å². The van der Waals surface area contributed by atoms with E-state index in [0.717, 1.165) is 19.3 Å². The Morgan fingerprint density at radius 1 is 1.57 bits per heavy atom. The monoisotopic (exact) mass is 292 g/mol. The van der Waals surface area contributed by atoms with Gasteiger partial charge in [0, 0.05) is 31.0 Å². The molecule has 116 valence electrons. The summed E-state index contributed by atoms with van der Waals surface area (Å²) >= 11 is 0. The van der Waals surface area contributed by atoms with Gasteiger partial charge in [-0.3, -0.25) is 4.79 Å². The molecule has 0 aromatic carbocycles. The number of aliphatic hydroxyl groups excluding tert-OH is 1. The molecule has 0 aliphatic heterocycles. The van der Waals surface area contributed by atoms with E-state index >= 15 is 0 Å². The highest BCUT2D eigenvalue weighted by molar-refractivity contribution is 5.94. The van der Waals surface area contributed by atoms with E-state index in [9.17, 15) is 4.79 Å². The summed E-state index contributed by atoms with van der Waals surface area (Å²) in [5.74, 6) is 0.716. The zero-order chi connectivity index (χ0) is 15.1. The van der Waals surface area contributed by atoms with Crippen LogP contribution in [0.2, 0.25) is 0 Å². The van der Waals surface area contributed by atoms with Crippen LogP contribution in [0.25, 0.3) is 0 Å². The Balaban J connectivity index is 1.87. The molecule has 1 aliphatic rings. The second kappa shape index (κ2) is 7.98. The number of amides is 1. The molecule has 1 aliphatic carbocycles. The van der Waals surface area contributed by atoms with Gasteiger partial charge in [-0.1, -0.05) is 13.3 Å². The number of rotatable bonds is 8. The van der Waals surface area contributed by atoms with Gasteiger partial charge in [-0.15, -0.1) is 0 Å². The van der Waals surface area contributed by atoms with Gasteiger partial charge in [0.05, 0.1) is 0 Å². The molecule has 1 unspecified atom stereocenters. The third kappa shape index (κ3) is 4.70. The molecular formula is C16H24N2O3. The first kappa shape index (κ1) is 15.8. The minimum Gasteiger partial charge on any atom is -0.474 e. The van der Waals surface area contributed by atoms with Crippen molar-refractivity contribution in [2.75, 3.05) is 13.2 Å². The van der Waals surface area contributed by atoms with Crippen molar-refractivity contribution in [2.45, 2.75) is 45.1 Å². The number of pyridine rings is 1. The van der Waals surface area contributed by atoms with Crippen LogP contribution in [0.5, 0.6) is 5.88 Å². The van der Waals surface area contributed by atoms with E-state index in [0.29, 0.717) is 30.3 Å². The van der Waals surface area contributed by atoms with Gasteiger partial charge in [-0.25, -0.2) is 4.98 Å². The van der Waals surface area contributed by atoms with Crippen LogP contribution in [0.4, 0.5) is 0 Å². The molecule has 0 bridgehead atoms. The lowest BCUT2D eigenvalue weighted by Gasteiger charge is -2.25. The van der Waals surface area contributed by atoms with Crippen molar-refractivity contribution in [1.29, 1.82) is 0 Å². The maximum atomic E-state index is 12.1. The maximum absolute atomic E-state index is 12.1. The fourth-order valence-electron chi connectivity index (χ4n) is 2.25. The van der Waals surface area contributed by atoms with Crippen molar-refractivity contribution in [3.63, 3.8) is 0 Å². The molecule has 1 fully saturated rings. The van der Waals surface area contributed by atoms with Crippen molar-refractivity contribution in [2.24, 2.45) is 5.92 Å². The van der Waals surface area contributed by atoms with Crippen LogP contribution < -0.4 is 10.1 Å². The SMILES string of the molecule is CCC(CCO)CNC(=O)c1ccnc(OC2CCC2)c1. The molecule has 5 heteroatoms. The predicted octanol–water partition coefficient (Wildman–Crippen LogP) is 2.15. The van der Waals surface area contributed by atoms with Crippen molar-refractivity contribution >= 4 is 5.91 Å². The van der Waals surface area contributed by atoms with E-state index in [1.807, 2.05) is 0 Å². The van der Waals surface area contributed by atoms with E-state index in [-0.39, 0.29) is 18.6 Å². The number of carbonyl (C=O) groups is 1. The average Bonchev–Trinajstić information content (AvgIpc) is 2.47. The average molecular weight is 292 g/mol. The first-order chi connectivity index (χ1) is 10.2. The third-order valence-electron chi connectivity index (χ3n) is 4.00. The lowest BCUT2D eigenvalue weighted by Crippen LogP contribution is -2.30. The minimum absolute atomic E-state index is 0.118. The summed E-state index contributed by atoms with van der Waals surface area (Å²) in [5.41, 5.74) is 0.568. The molecule has 0 saturated heterocycles. The predicted molar refractivity (Wildman–Crippen MR) is 80.3 cm³/mol. The van der Waals surface area contributed by atoms with E-state index in [4.69, 9.17) is 9.84 Å². The molecule has 1 aromatic heterocycles. The van der Waals surface area contributed by atoms with E-state index in [1.165, 1.54) is 6.42 Å². The van der Waals surface area contributed by atoms with Gasteiger partial charge in [0.1, 0.15) is 6.10 Å². The number of aliphatic hydroxyl groups is 1. The van der Waals surface area contributed by atoms with Gasteiger partial charge < -0.3 is 15.2 Å². The highest BCUT2D eigenvalue weighted by Gasteiger charge is 2.20. The highest BCUT2D eigenvalue weighted by atomic mass is 16.5. The van der Waals surface area contributed by atoms with Crippen LogP contribution in [0.3, 0.4) is 0 Å². The maximum Gasteiger partial charge on any atom is 0.251 e. The number of carbonyl (C=O) groups excluding carboxylic acids is 1. The van der Waals surface area contributed by atoms with Crippen molar-refractivity contribution in [3.8, 4) is 5.88 Å². The van der Waals surface area contributed by atoms with Crippen LogP contribution in [0.1, 0.15) is 49.4 Å². The number of nitrogens with one attached hydrogen (secondary N) is 1. The van der Waals surface area contributed by atoms with Crippen molar-refractivity contribution in [3.05, 3.63) is 23.9 Å². The summed E-state index contributed by atoms with van der Waals surface area (Å²) in [6, 6.07) is 3.39. The number of nitrogens with zero attached hydrogens (tertiary/aromatic N) is 1. The molecular weight excluding hydrogens is 268 g/mol. The summed E-state index contributed by atoms with van der Waals surface area (Å²) in [6.07, 6.45) is 6.85. The first-order valence-corrected chi connectivity index (χ1v) is 7.74. The fraction of sp³-hybridized carbons (Fsp3) is 0.625. The lowest BCUT2D eigenvalue weighted by atomic mass is 9.96. The van der Waals surface area contributed by atoms with Gasteiger partial charge in [0.25, 0.3) is 5.91 Å². The normalized spacial score (nSPS) is 16.1. The Morgan fingerprint density at radius 2 is 2.38 bits per heavy atom. The smallest absolute Gasteiger partial charge is 0.251 e. The van der Waals surface area contributed by atoms with Crippen LogP contribution in [0, 0.1) is 5.92 Å². The van der Waals surface area contributed by atoms with Gasteiger partial charge in [-0.05, 0) is 37.7 Å². The molecule has 1 atom stereocenters. The fourth-order valence-corrected chi connectivity index (χ4v) is 2.25. The number of aromatic nitrogens is 1. The summed E-state index contributed by atoms with van der Waals surface area (Å²) in [6.45, 7) is 2.80. The molecule has 1 heterocycles. The molecule has 0 radical (unpaired) electrons. The highest BCUT2D eigenvalue weighted by Crippen LogP contribution is 2.24. The zero-order valence-corrected chi connectivity index (χ0v) is 12.5. The molecule has 0 spiro atoms.